The molecule has 1 amide bonds. The van der Waals surface area contributed by atoms with Crippen LogP contribution in [0.25, 0.3) is 6.08 Å². The second-order valence-electron chi connectivity index (χ2n) is 5.41. The monoisotopic (exact) mass is 356 g/mol. The summed E-state index contributed by atoms with van der Waals surface area (Å²) in [6.45, 7) is 0.144. The molecule has 0 saturated heterocycles. The summed E-state index contributed by atoms with van der Waals surface area (Å²) in [5.41, 5.74) is 0.575. The Balaban J connectivity index is 1.52. The highest BCUT2D eigenvalue weighted by atomic mass is 16.7. The normalized spacial score (nSPS) is 13.8. The van der Waals surface area contributed by atoms with Crippen LogP contribution in [0.3, 0.4) is 0 Å². The average molecular weight is 356 g/mol. The van der Waals surface area contributed by atoms with Crippen molar-refractivity contribution < 1.29 is 28.7 Å². The molecule has 2 aromatic rings. The number of fused-ring (bicyclic) bond motifs is 2. The Hall–Kier alpha value is -3.75. The molecule has 0 aromatic heterocycles. The first-order chi connectivity index (χ1) is 12.6. The molecule has 2 aliphatic rings. The van der Waals surface area contributed by atoms with E-state index >= 15 is 0 Å². The van der Waals surface area contributed by atoms with Crippen LogP contribution in [0.2, 0.25) is 0 Å². The number of carbonyl (C=O) groups excluding carboxylic acids is 1. The molecule has 26 heavy (non-hydrogen) atoms. The van der Waals surface area contributed by atoms with E-state index in [1.807, 2.05) is 0 Å². The topological polar surface area (TPSA) is 109 Å². The van der Waals surface area contributed by atoms with Gasteiger partial charge in [-0.15, -0.1) is 0 Å². The Bertz CT molecular complexity index is 939. The number of nitro groups is 1. The van der Waals surface area contributed by atoms with Crippen LogP contribution in [0.4, 0.5) is 11.4 Å². The minimum absolute atomic E-state index is 0.00422. The molecule has 2 aromatic carbocycles. The van der Waals surface area contributed by atoms with Crippen LogP contribution >= 0.6 is 0 Å². The number of hydrogen-bond donors (Lipinski definition) is 1. The summed E-state index contributed by atoms with van der Waals surface area (Å²) in [5.74, 6) is 1.40. The van der Waals surface area contributed by atoms with E-state index in [0.29, 0.717) is 28.7 Å². The van der Waals surface area contributed by atoms with E-state index in [1.54, 1.807) is 18.2 Å². The van der Waals surface area contributed by atoms with E-state index in [4.69, 9.17) is 18.9 Å². The Kier molecular flexibility index (Phi) is 3.81. The van der Waals surface area contributed by atoms with Gasteiger partial charge in [0.15, 0.2) is 23.0 Å². The molecule has 2 aliphatic heterocycles. The molecule has 9 heteroatoms. The lowest BCUT2D eigenvalue weighted by Crippen LogP contribution is -2.07. The molecule has 0 atom stereocenters. The number of ether oxygens (including phenoxy) is 4. The molecule has 0 fully saturated rings. The maximum Gasteiger partial charge on any atom is 0.280 e. The molecule has 1 N–H and O–H groups in total. The van der Waals surface area contributed by atoms with Gasteiger partial charge in [-0.05, 0) is 24.3 Å². The predicted molar refractivity (Wildman–Crippen MR) is 89.4 cm³/mol. The van der Waals surface area contributed by atoms with Crippen molar-refractivity contribution in [3.8, 4) is 23.0 Å². The molecule has 0 radical (unpaired) electrons. The van der Waals surface area contributed by atoms with Crippen LogP contribution in [-0.2, 0) is 4.79 Å². The second kappa shape index (κ2) is 6.28. The lowest BCUT2D eigenvalue weighted by Gasteiger charge is -2.04. The van der Waals surface area contributed by atoms with Crippen molar-refractivity contribution in [1.82, 2.24) is 0 Å². The Labute approximate surface area is 146 Å². The van der Waals surface area contributed by atoms with E-state index in [2.05, 4.69) is 5.32 Å². The molecule has 0 spiro atoms. The fourth-order valence-corrected chi connectivity index (χ4v) is 2.56. The van der Waals surface area contributed by atoms with Gasteiger partial charge in [-0.25, -0.2) is 0 Å². The van der Waals surface area contributed by atoms with Crippen molar-refractivity contribution in [3.63, 3.8) is 0 Å². The zero-order valence-corrected chi connectivity index (χ0v) is 13.3. The summed E-state index contributed by atoms with van der Waals surface area (Å²) in [7, 11) is 0. The van der Waals surface area contributed by atoms with Crippen molar-refractivity contribution >= 4 is 23.4 Å². The lowest BCUT2D eigenvalue weighted by molar-refractivity contribution is -0.385. The van der Waals surface area contributed by atoms with Gasteiger partial charge >= 0.3 is 0 Å². The minimum Gasteiger partial charge on any atom is -0.454 e. The Morgan fingerprint density at radius 1 is 1.00 bits per heavy atom. The number of nitro benzene ring substituents is 1. The van der Waals surface area contributed by atoms with Gasteiger partial charge in [0.05, 0.1) is 16.6 Å². The molecule has 0 aliphatic carbocycles. The molecule has 9 nitrogen and oxygen atoms in total. The third-order valence-corrected chi connectivity index (χ3v) is 3.77. The zero-order valence-electron chi connectivity index (χ0n) is 13.3. The third-order valence-electron chi connectivity index (χ3n) is 3.77. The smallest absolute Gasteiger partial charge is 0.280 e. The standard InChI is InChI=1S/C17H12N2O7/c20-17(18-11-2-3-13-15(6-11)25-8-23-13)4-1-10-5-14-16(26-9-24-14)7-12(10)19(21)22/h1-7H,8-9H2,(H,18,20)/b4-1+. The first-order valence-electron chi connectivity index (χ1n) is 7.57. The summed E-state index contributed by atoms with van der Waals surface area (Å²) >= 11 is 0. The summed E-state index contributed by atoms with van der Waals surface area (Å²) < 4.78 is 20.8. The molecular weight excluding hydrogens is 344 g/mol. The highest BCUT2D eigenvalue weighted by Crippen LogP contribution is 2.38. The number of nitrogens with one attached hydrogen (secondary N) is 1. The first-order valence-corrected chi connectivity index (χ1v) is 7.57. The van der Waals surface area contributed by atoms with Crippen molar-refractivity contribution in [3.05, 3.63) is 52.1 Å². The number of rotatable bonds is 4. The van der Waals surface area contributed by atoms with Crippen LogP contribution in [0, 0.1) is 10.1 Å². The maximum atomic E-state index is 12.1. The van der Waals surface area contributed by atoms with Crippen LogP contribution in [0.5, 0.6) is 23.0 Å². The Morgan fingerprint density at radius 3 is 2.38 bits per heavy atom. The summed E-state index contributed by atoms with van der Waals surface area (Å²) in [4.78, 5) is 22.8. The summed E-state index contributed by atoms with van der Waals surface area (Å²) in [6.07, 6.45) is 2.55. The van der Waals surface area contributed by atoms with Gasteiger partial charge in [0.2, 0.25) is 19.5 Å². The average Bonchev–Trinajstić information content (AvgIpc) is 3.26. The quantitative estimate of drug-likeness (QED) is 0.509. The maximum absolute atomic E-state index is 12.1. The molecule has 0 saturated carbocycles. The molecule has 132 valence electrons. The fraction of sp³-hybridized carbons (Fsp3) is 0.118. The fourth-order valence-electron chi connectivity index (χ4n) is 2.56. The lowest BCUT2D eigenvalue weighted by atomic mass is 10.1. The number of anilines is 1. The molecule has 0 unspecified atom stereocenters. The number of nitrogens with zero attached hydrogens (tertiary/aromatic N) is 1. The van der Waals surface area contributed by atoms with E-state index in [9.17, 15) is 14.9 Å². The van der Waals surface area contributed by atoms with Crippen LogP contribution in [0.1, 0.15) is 5.56 Å². The van der Waals surface area contributed by atoms with Crippen molar-refractivity contribution in [2.45, 2.75) is 0 Å². The summed E-state index contributed by atoms with van der Waals surface area (Å²) in [5, 5.41) is 13.9. The van der Waals surface area contributed by atoms with Crippen molar-refractivity contribution in [2.24, 2.45) is 0 Å². The summed E-state index contributed by atoms with van der Waals surface area (Å²) in [6, 6.07) is 7.73. The van der Waals surface area contributed by atoms with E-state index in [0.717, 1.165) is 0 Å². The van der Waals surface area contributed by atoms with Crippen LogP contribution in [0.15, 0.2) is 36.4 Å². The van der Waals surface area contributed by atoms with E-state index in [-0.39, 0.29) is 24.8 Å². The van der Waals surface area contributed by atoms with Crippen LogP contribution in [-0.4, -0.2) is 24.4 Å². The number of carbonyl (C=O) groups is 1. The van der Waals surface area contributed by atoms with Gasteiger partial charge in [-0.1, -0.05) is 0 Å². The number of benzene rings is 2. The zero-order chi connectivity index (χ0) is 18.1. The Morgan fingerprint density at radius 2 is 1.65 bits per heavy atom. The van der Waals surface area contributed by atoms with Gasteiger partial charge in [0.1, 0.15) is 0 Å². The largest absolute Gasteiger partial charge is 0.454 e. The highest BCUT2D eigenvalue weighted by molar-refractivity contribution is 6.02. The van der Waals surface area contributed by atoms with Crippen molar-refractivity contribution in [2.75, 3.05) is 18.9 Å². The van der Waals surface area contributed by atoms with Crippen LogP contribution < -0.4 is 24.3 Å². The number of hydrogen-bond acceptors (Lipinski definition) is 7. The number of amides is 1. The first kappa shape index (κ1) is 15.8. The minimum atomic E-state index is -0.544. The molecule has 2 heterocycles. The van der Waals surface area contributed by atoms with Gasteiger partial charge in [0.25, 0.3) is 5.69 Å². The third kappa shape index (κ3) is 2.97. The van der Waals surface area contributed by atoms with Gasteiger partial charge in [-0.3, -0.25) is 14.9 Å². The van der Waals surface area contributed by atoms with Gasteiger partial charge < -0.3 is 24.3 Å². The van der Waals surface area contributed by atoms with E-state index in [1.165, 1.54) is 24.3 Å². The van der Waals surface area contributed by atoms with E-state index < -0.39 is 10.8 Å². The molecule has 0 bridgehead atoms. The van der Waals surface area contributed by atoms with Gasteiger partial charge in [0, 0.05) is 17.8 Å². The van der Waals surface area contributed by atoms with Crippen molar-refractivity contribution in [1.29, 1.82) is 0 Å². The second-order valence-corrected chi connectivity index (χ2v) is 5.41. The SMILES string of the molecule is O=C(/C=C/c1cc2c(cc1[N+](=O)[O-])OCO2)Nc1ccc2c(c1)OCO2. The highest BCUT2D eigenvalue weighted by Gasteiger charge is 2.22. The predicted octanol–water partition coefficient (Wildman–Crippen LogP) is 2.70. The molecule has 4 rings (SSSR count). The molecular formula is C17H12N2O7. The van der Waals surface area contributed by atoms with Gasteiger partial charge in [-0.2, -0.15) is 0 Å².